The molecule has 2 rings (SSSR count). The van der Waals surface area contributed by atoms with E-state index >= 15 is 0 Å². The van der Waals surface area contributed by atoms with Crippen LogP contribution in [0.5, 0.6) is 0 Å². The third-order valence-electron chi connectivity index (χ3n) is 4.77. The number of amides is 1. The molecule has 20 heavy (non-hydrogen) atoms. The zero-order chi connectivity index (χ0) is 14.4. The fourth-order valence-electron chi connectivity index (χ4n) is 3.34. The summed E-state index contributed by atoms with van der Waals surface area (Å²) in [6, 6.07) is 0.280. The lowest BCUT2D eigenvalue weighted by molar-refractivity contribution is -0.121. The van der Waals surface area contributed by atoms with E-state index in [0.717, 1.165) is 19.5 Å². The molecule has 1 heterocycles. The first-order valence-corrected chi connectivity index (χ1v) is 8.31. The van der Waals surface area contributed by atoms with E-state index in [1.165, 1.54) is 38.5 Å². The first kappa shape index (κ1) is 15.8. The van der Waals surface area contributed by atoms with Gasteiger partial charge in [0.25, 0.3) is 0 Å². The smallest absolute Gasteiger partial charge is 0.221 e. The Bertz CT molecular complexity index is 314. The molecule has 1 saturated heterocycles. The van der Waals surface area contributed by atoms with Crippen LogP contribution in [0.2, 0.25) is 0 Å². The minimum atomic E-state index is 0.145. The summed E-state index contributed by atoms with van der Waals surface area (Å²) in [4.78, 5) is 11.6. The molecule has 2 unspecified atom stereocenters. The predicted octanol–water partition coefficient (Wildman–Crippen LogP) is 2.37. The van der Waals surface area contributed by atoms with Gasteiger partial charge >= 0.3 is 0 Å². The predicted molar refractivity (Wildman–Crippen MR) is 80.7 cm³/mol. The molecule has 0 aromatic rings. The summed E-state index contributed by atoms with van der Waals surface area (Å²) in [6.45, 7) is 5.76. The van der Waals surface area contributed by atoms with Crippen molar-refractivity contribution >= 4 is 5.91 Å². The highest BCUT2D eigenvalue weighted by Gasteiger charge is 2.41. The monoisotopic (exact) mass is 282 g/mol. The van der Waals surface area contributed by atoms with Gasteiger partial charge in [0, 0.05) is 25.6 Å². The average molecular weight is 282 g/mol. The van der Waals surface area contributed by atoms with Crippen LogP contribution in [0.3, 0.4) is 0 Å². The normalized spacial score (nSPS) is 26.0. The Balaban J connectivity index is 1.54. The van der Waals surface area contributed by atoms with Crippen molar-refractivity contribution in [2.45, 2.75) is 83.0 Å². The van der Waals surface area contributed by atoms with Crippen molar-refractivity contribution in [3.63, 3.8) is 0 Å². The van der Waals surface area contributed by atoms with Gasteiger partial charge in [-0.25, -0.2) is 0 Å². The van der Waals surface area contributed by atoms with Crippen LogP contribution in [0.1, 0.15) is 65.2 Å². The van der Waals surface area contributed by atoms with Crippen molar-refractivity contribution in [2.75, 3.05) is 13.1 Å². The van der Waals surface area contributed by atoms with Crippen molar-refractivity contribution in [2.24, 2.45) is 0 Å². The molecule has 0 aromatic heterocycles. The molecule has 1 aliphatic heterocycles. The number of hydrogen-bond donors (Lipinski definition) is 2. The van der Waals surface area contributed by atoms with E-state index in [9.17, 15) is 4.79 Å². The third-order valence-corrected chi connectivity index (χ3v) is 4.77. The molecule has 1 spiro atoms. The van der Waals surface area contributed by atoms with Gasteiger partial charge < -0.3 is 15.4 Å². The number of nitrogens with one attached hydrogen (secondary N) is 2. The van der Waals surface area contributed by atoms with E-state index in [0.29, 0.717) is 12.5 Å². The summed E-state index contributed by atoms with van der Waals surface area (Å²) < 4.78 is 6.24. The SMILES string of the molecule is CCC(C)NC(=O)CCNCC1CCC2(CCCC2)O1. The van der Waals surface area contributed by atoms with E-state index in [1.54, 1.807) is 0 Å². The van der Waals surface area contributed by atoms with Crippen LogP contribution in [0.4, 0.5) is 0 Å². The molecule has 0 aromatic carbocycles. The minimum absolute atomic E-state index is 0.145. The van der Waals surface area contributed by atoms with Gasteiger partial charge in [0.2, 0.25) is 5.91 Å². The van der Waals surface area contributed by atoms with Crippen LogP contribution < -0.4 is 10.6 Å². The van der Waals surface area contributed by atoms with E-state index in [-0.39, 0.29) is 17.6 Å². The summed E-state index contributed by atoms with van der Waals surface area (Å²) >= 11 is 0. The molecule has 0 radical (unpaired) electrons. The van der Waals surface area contributed by atoms with E-state index in [4.69, 9.17) is 4.74 Å². The maximum Gasteiger partial charge on any atom is 0.221 e. The average Bonchev–Trinajstić information content (AvgIpc) is 3.05. The maximum atomic E-state index is 11.6. The first-order chi connectivity index (χ1) is 9.63. The Labute approximate surface area is 123 Å². The van der Waals surface area contributed by atoms with Gasteiger partial charge in [-0.2, -0.15) is 0 Å². The molecule has 2 fully saturated rings. The van der Waals surface area contributed by atoms with Crippen LogP contribution in [0.15, 0.2) is 0 Å². The highest BCUT2D eigenvalue weighted by Crippen LogP contribution is 2.43. The van der Waals surface area contributed by atoms with Gasteiger partial charge in [0.15, 0.2) is 0 Å². The van der Waals surface area contributed by atoms with Crippen LogP contribution in [-0.2, 0) is 9.53 Å². The van der Waals surface area contributed by atoms with Crippen molar-refractivity contribution in [3.05, 3.63) is 0 Å². The van der Waals surface area contributed by atoms with Gasteiger partial charge in [-0.15, -0.1) is 0 Å². The molecule has 4 nitrogen and oxygen atoms in total. The lowest BCUT2D eigenvalue weighted by atomic mass is 9.98. The molecular formula is C16H30N2O2. The quantitative estimate of drug-likeness (QED) is 0.705. The molecule has 2 atom stereocenters. The molecule has 2 aliphatic rings. The van der Waals surface area contributed by atoms with Crippen molar-refractivity contribution in [3.8, 4) is 0 Å². The molecule has 0 bridgehead atoms. The number of carbonyl (C=O) groups excluding carboxylic acids is 1. The largest absolute Gasteiger partial charge is 0.370 e. The number of rotatable bonds is 7. The van der Waals surface area contributed by atoms with Crippen LogP contribution in [-0.4, -0.2) is 36.7 Å². The zero-order valence-corrected chi connectivity index (χ0v) is 13.0. The lowest BCUT2D eigenvalue weighted by Gasteiger charge is -2.23. The van der Waals surface area contributed by atoms with Gasteiger partial charge in [-0.1, -0.05) is 19.8 Å². The Morgan fingerprint density at radius 1 is 1.35 bits per heavy atom. The first-order valence-electron chi connectivity index (χ1n) is 8.31. The van der Waals surface area contributed by atoms with Gasteiger partial charge in [-0.3, -0.25) is 4.79 Å². The molecule has 4 heteroatoms. The summed E-state index contributed by atoms with van der Waals surface area (Å²) in [7, 11) is 0. The Morgan fingerprint density at radius 2 is 2.10 bits per heavy atom. The molecule has 1 amide bonds. The second-order valence-corrected chi connectivity index (χ2v) is 6.50. The fraction of sp³-hybridized carbons (Fsp3) is 0.938. The standard InChI is InChI=1S/C16H30N2O2/c1-3-13(2)18-15(19)7-11-17-12-14-6-10-16(20-14)8-4-5-9-16/h13-14,17H,3-12H2,1-2H3,(H,18,19). The van der Waals surface area contributed by atoms with Crippen molar-refractivity contribution in [1.29, 1.82) is 0 Å². The Morgan fingerprint density at radius 3 is 2.80 bits per heavy atom. The highest BCUT2D eigenvalue weighted by atomic mass is 16.5. The third kappa shape index (κ3) is 4.45. The topological polar surface area (TPSA) is 50.4 Å². The van der Waals surface area contributed by atoms with Crippen LogP contribution in [0.25, 0.3) is 0 Å². The minimum Gasteiger partial charge on any atom is -0.370 e. The maximum absolute atomic E-state index is 11.6. The van der Waals surface area contributed by atoms with Gasteiger partial charge in [-0.05, 0) is 39.0 Å². The molecule has 1 aliphatic carbocycles. The summed E-state index contributed by atoms with van der Waals surface area (Å²) in [5, 5.41) is 6.36. The summed E-state index contributed by atoms with van der Waals surface area (Å²) in [5.41, 5.74) is 0.222. The number of hydrogen-bond acceptors (Lipinski definition) is 3. The van der Waals surface area contributed by atoms with Crippen molar-refractivity contribution < 1.29 is 9.53 Å². The molecule has 1 saturated carbocycles. The second-order valence-electron chi connectivity index (χ2n) is 6.50. The van der Waals surface area contributed by atoms with Gasteiger partial charge in [0.1, 0.15) is 0 Å². The van der Waals surface area contributed by atoms with E-state index in [1.807, 2.05) is 6.92 Å². The van der Waals surface area contributed by atoms with Crippen LogP contribution >= 0.6 is 0 Å². The Hall–Kier alpha value is -0.610. The lowest BCUT2D eigenvalue weighted by Crippen LogP contribution is -2.36. The summed E-state index contributed by atoms with van der Waals surface area (Å²) in [6.07, 6.45) is 9.46. The van der Waals surface area contributed by atoms with Crippen LogP contribution in [0, 0.1) is 0 Å². The zero-order valence-electron chi connectivity index (χ0n) is 13.0. The second kappa shape index (κ2) is 7.41. The fourth-order valence-corrected chi connectivity index (χ4v) is 3.34. The highest BCUT2D eigenvalue weighted by molar-refractivity contribution is 5.76. The number of carbonyl (C=O) groups is 1. The molecular weight excluding hydrogens is 252 g/mol. The molecule has 116 valence electrons. The molecule has 2 N–H and O–H groups in total. The number of ether oxygens (including phenoxy) is 1. The van der Waals surface area contributed by atoms with Gasteiger partial charge in [0.05, 0.1) is 11.7 Å². The summed E-state index contributed by atoms with van der Waals surface area (Å²) in [5.74, 6) is 0.145. The van der Waals surface area contributed by atoms with E-state index < -0.39 is 0 Å². The Kier molecular flexibility index (Phi) is 5.85. The van der Waals surface area contributed by atoms with Crippen molar-refractivity contribution in [1.82, 2.24) is 10.6 Å². The van der Waals surface area contributed by atoms with E-state index in [2.05, 4.69) is 17.6 Å².